The molecule has 0 fully saturated rings. The van der Waals surface area contributed by atoms with Crippen LogP contribution in [0.2, 0.25) is 0 Å². The molecule has 19 heavy (non-hydrogen) atoms. The van der Waals surface area contributed by atoms with E-state index in [1.165, 1.54) is 25.3 Å². The summed E-state index contributed by atoms with van der Waals surface area (Å²) < 4.78 is 31.7. The Kier molecular flexibility index (Phi) is 6.52. The van der Waals surface area contributed by atoms with E-state index < -0.39 is 10.1 Å². The quantitative estimate of drug-likeness (QED) is 0.732. The fraction of sp³-hybridized carbons (Fsp3) is 0.600. The van der Waals surface area contributed by atoms with Gasteiger partial charge in [-0.3, -0.25) is 4.55 Å². The number of rotatable bonds is 8. The third-order valence-electron chi connectivity index (χ3n) is 3.58. The molecule has 0 amide bonds. The number of aryl methyl sites for hydroxylation is 1. The first-order chi connectivity index (χ1) is 8.99. The standard InChI is InChI=1S/C15H24O3S/c1-3-8-13(4-2)9-7-11-14-10-5-6-12-15(14)19(16,17)18/h5-6,10,12-13H,3-4,7-9,11H2,1-2H3,(H,16,17,18). The van der Waals surface area contributed by atoms with Gasteiger partial charge in [0, 0.05) is 0 Å². The van der Waals surface area contributed by atoms with E-state index in [4.69, 9.17) is 0 Å². The number of hydrogen-bond acceptors (Lipinski definition) is 2. The topological polar surface area (TPSA) is 54.4 Å². The third kappa shape index (κ3) is 5.33. The van der Waals surface area contributed by atoms with E-state index in [9.17, 15) is 13.0 Å². The summed E-state index contributed by atoms with van der Waals surface area (Å²) in [6.07, 6.45) is 6.38. The second-order valence-electron chi connectivity index (χ2n) is 5.04. The van der Waals surface area contributed by atoms with Crippen LogP contribution in [-0.2, 0) is 16.5 Å². The molecule has 0 heterocycles. The van der Waals surface area contributed by atoms with Crippen molar-refractivity contribution in [2.45, 2.75) is 57.3 Å². The maximum atomic E-state index is 11.3. The van der Waals surface area contributed by atoms with Crippen molar-refractivity contribution in [1.82, 2.24) is 0 Å². The molecule has 1 atom stereocenters. The number of benzene rings is 1. The summed E-state index contributed by atoms with van der Waals surface area (Å²) in [6.45, 7) is 4.39. The molecular weight excluding hydrogens is 260 g/mol. The molecule has 0 bridgehead atoms. The van der Waals surface area contributed by atoms with Crippen LogP contribution in [0.25, 0.3) is 0 Å². The molecule has 1 aromatic carbocycles. The molecule has 3 nitrogen and oxygen atoms in total. The summed E-state index contributed by atoms with van der Waals surface area (Å²) in [7, 11) is -4.10. The molecule has 4 heteroatoms. The van der Waals surface area contributed by atoms with Crippen molar-refractivity contribution in [2.75, 3.05) is 0 Å². The van der Waals surface area contributed by atoms with Crippen molar-refractivity contribution in [3.63, 3.8) is 0 Å². The summed E-state index contributed by atoms with van der Waals surface area (Å²) >= 11 is 0. The van der Waals surface area contributed by atoms with Gasteiger partial charge in [0.15, 0.2) is 0 Å². The summed E-state index contributed by atoms with van der Waals surface area (Å²) in [5, 5.41) is 0. The summed E-state index contributed by atoms with van der Waals surface area (Å²) in [4.78, 5) is 0.0542. The van der Waals surface area contributed by atoms with Crippen LogP contribution in [0.4, 0.5) is 0 Å². The Bertz CT molecular complexity index is 480. The van der Waals surface area contributed by atoms with E-state index in [1.54, 1.807) is 12.1 Å². The molecule has 1 unspecified atom stereocenters. The largest absolute Gasteiger partial charge is 0.294 e. The van der Waals surface area contributed by atoms with E-state index in [2.05, 4.69) is 13.8 Å². The molecule has 1 aromatic rings. The van der Waals surface area contributed by atoms with E-state index in [0.717, 1.165) is 24.3 Å². The van der Waals surface area contributed by atoms with Gasteiger partial charge in [-0.1, -0.05) is 57.7 Å². The van der Waals surface area contributed by atoms with E-state index >= 15 is 0 Å². The molecule has 0 saturated carbocycles. The van der Waals surface area contributed by atoms with Gasteiger partial charge in [0.1, 0.15) is 0 Å². The molecule has 1 N–H and O–H groups in total. The van der Waals surface area contributed by atoms with Crippen LogP contribution in [0.5, 0.6) is 0 Å². The SMILES string of the molecule is CCCC(CC)CCCc1ccccc1S(=O)(=O)O. The lowest BCUT2D eigenvalue weighted by atomic mass is 9.93. The van der Waals surface area contributed by atoms with Crippen LogP contribution < -0.4 is 0 Å². The Morgan fingerprint density at radius 1 is 1.16 bits per heavy atom. The molecule has 0 spiro atoms. The fourth-order valence-electron chi connectivity index (χ4n) is 2.50. The summed E-state index contributed by atoms with van der Waals surface area (Å²) in [6, 6.07) is 6.70. The normalized spacial score (nSPS) is 13.4. The van der Waals surface area contributed by atoms with Crippen molar-refractivity contribution in [2.24, 2.45) is 5.92 Å². The molecule has 0 radical (unpaired) electrons. The Morgan fingerprint density at radius 3 is 2.42 bits per heavy atom. The lowest BCUT2D eigenvalue weighted by Gasteiger charge is -2.14. The van der Waals surface area contributed by atoms with Crippen LogP contribution in [0, 0.1) is 5.92 Å². The average molecular weight is 284 g/mol. The monoisotopic (exact) mass is 284 g/mol. The van der Waals surface area contributed by atoms with Gasteiger partial charge in [-0.2, -0.15) is 8.42 Å². The molecule has 0 aliphatic heterocycles. The molecular formula is C15H24O3S. The van der Waals surface area contributed by atoms with Crippen LogP contribution in [-0.4, -0.2) is 13.0 Å². The second-order valence-corrected chi connectivity index (χ2v) is 6.43. The van der Waals surface area contributed by atoms with Gasteiger partial charge in [0.2, 0.25) is 0 Å². The Hall–Kier alpha value is -0.870. The Morgan fingerprint density at radius 2 is 1.84 bits per heavy atom. The van der Waals surface area contributed by atoms with Crippen molar-refractivity contribution >= 4 is 10.1 Å². The van der Waals surface area contributed by atoms with Gasteiger partial charge in [-0.05, 0) is 30.4 Å². The predicted molar refractivity (Wildman–Crippen MR) is 77.9 cm³/mol. The highest BCUT2D eigenvalue weighted by atomic mass is 32.2. The molecule has 0 aliphatic rings. The zero-order chi connectivity index (χ0) is 14.3. The maximum absolute atomic E-state index is 11.3. The van der Waals surface area contributed by atoms with Gasteiger partial charge in [0.05, 0.1) is 4.90 Å². The highest BCUT2D eigenvalue weighted by molar-refractivity contribution is 7.85. The first-order valence-electron chi connectivity index (χ1n) is 7.04. The minimum atomic E-state index is -4.10. The van der Waals surface area contributed by atoms with Gasteiger partial charge in [0.25, 0.3) is 10.1 Å². The van der Waals surface area contributed by atoms with Crippen LogP contribution in [0.1, 0.15) is 51.5 Å². The van der Waals surface area contributed by atoms with E-state index in [1.807, 2.05) is 6.07 Å². The lowest BCUT2D eigenvalue weighted by Crippen LogP contribution is -2.04. The smallest absolute Gasteiger partial charge is 0.282 e. The van der Waals surface area contributed by atoms with Crippen molar-refractivity contribution in [3.8, 4) is 0 Å². The molecule has 1 rings (SSSR count). The molecule has 0 aliphatic carbocycles. The Balaban J connectivity index is 2.63. The van der Waals surface area contributed by atoms with E-state index in [-0.39, 0.29) is 4.90 Å². The zero-order valence-corrected chi connectivity index (χ0v) is 12.6. The third-order valence-corrected chi connectivity index (χ3v) is 4.54. The highest BCUT2D eigenvalue weighted by Crippen LogP contribution is 2.21. The maximum Gasteiger partial charge on any atom is 0.294 e. The summed E-state index contributed by atoms with van der Waals surface area (Å²) in [5.74, 6) is 0.725. The average Bonchev–Trinajstić information content (AvgIpc) is 2.37. The fourth-order valence-corrected chi connectivity index (χ4v) is 3.26. The van der Waals surface area contributed by atoms with Crippen LogP contribution in [0.15, 0.2) is 29.2 Å². The van der Waals surface area contributed by atoms with Crippen molar-refractivity contribution in [1.29, 1.82) is 0 Å². The first-order valence-corrected chi connectivity index (χ1v) is 8.48. The minimum absolute atomic E-state index is 0.0542. The highest BCUT2D eigenvalue weighted by Gasteiger charge is 2.14. The van der Waals surface area contributed by atoms with Crippen LogP contribution in [0.3, 0.4) is 0 Å². The van der Waals surface area contributed by atoms with Gasteiger partial charge in [-0.25, -0.2) is 0 Å². The molecule has 0 aromatic heterocycles. The van der Waals surface area contributed by atoms with Gasteiger partial charge in [-0.15, -0.1) is 0 Å². The van der Waals surface area contributed by atoms with Gasteiger partial charge >= 0.3 is 0 Å². The molecule has 108 valence electrons. The number of hydrogen-bond donors (Lipinski definition) is 1. The Labute approximate surface area is 116 Å². The lowest BCUT2D eigenvalue weighted by molar-refractivity contribution is 0.419. The van der Waals surface area contributed by atoms with Crippen LogP contribution >= 0.6 is 0 Å². The molecule has 0 saturated heterocycles. The van der Waals surface area contributed by atoms with Gasteiger partial charge < -0.3 is 0 Å². The first kappa shape index (κ1) is 16.2. The second kappa shape index (κ2) is 7.65. The van der Waals surface area contributed by atoms with Crippen molar-refractivity contribution in [3.05, 3.63) is 29.8 Å². The van der Waals surface area contributed by atoms with Crippen molar-refractivity contribution < 1.29 is 13.0 Å². The zero-order valence-electron chi connectivity index (χ0n) is 11.8. The summed E-state index contributed by atoms with van der Waals surface area (Å²) in [5.41, 5.74) is 0.719. The van der Waals surface area contributed by atoms with E-state index in [0.29, 0.717) is 6.42 Å². The predicted octanol–water partition coefficient (Wildman–Crippen LogP) is 4.08. The minimum Gasteiger partial charge on any atom is -0.282 e.